The minimum absolute atomic E-state index is 0.653. The molecule has 1 unspecified atom stereocenters. The van der Waals surface area contributed by atoms with Crippen molar-refractivity contribution in [2.45, 2.75) is 126 Å². The van der Waals surface area contributed by atoms with Crippen molar-refractivity contribution in [1.82, 2.24) is 4.57 Å². The largest absolute Gasteiger partial charge is 0.289 e. The Kier molecular flexibility index (Phi) is 10.4. The Bertz CT molecular complexity index is 1090. The summed E-state index contributed by atoms with van der Waals surface area (Å²) in [5.41, 5.74) is 11.4. The smallest absolute Gasteiger partial charge is 0.227 e. The summed E-state index contributed by atoms with van der Waals surface area (Å²) in [7, 11) is 0. The summed E-state index contributed by atoms with van der Waals surface area (Å²) in [6, 6.07) is 14.1. The molecule has 3 rings (SSSR count). The first-order chi connectivity index (χ1) is 17.3. The van der Waals surface area contributed by atoms with Crippen molar-refractivity contribution >= 4 is 0 Å². The van der Waals surface area contributed by atoms with Gasteiger partial charge in [0.25, 0.3) is 5.82 Å². The monoisotopic (exact) mass is 487 g/mol. The highest BCUT2D eigenvalue weighted by Crippen LogP contribution is 2.29. The van der Waals surface area contributed by atoms with Crippen molar-refractivity contribution < 1.29 is 4.57 Å². The fourth-order valence-corrected chi connectivity index (χ4v) is 5.75. The van der Waals surface area contributed by atoms with E-state index < -0.39 is 0 Å². The van der Waals surface area contributed by atoms with Gasteiger partial charge in [-0.25, -0.2) is 9.13 Å². The molecule has 0 spiro atoms. The molecule has 2 aromatic carbocycles. The van der Waals surface area contributed by atoms with Gasteiger partial charge in [-0.15, -0.1) is 0 Å². The maximum absolute atomic E-state index is 2.63. The molecular weight excluding hydrogens is 436 g/mol. The van der Waals surface area contributed by atoms with Gasteiger partial charge in [0.1, 0.15) is 11.4 Å². The molecule has 0 aliphatic heterocycles. The van der Waals surface area contributed by atoms with Crippen LogP contribution in [0.25, 0.3) is 11.4 Å². The van der Waals surface area contributed by atoms with Crippen LogP contribution in [0.15, 0.2) is 36.4 Å². The normalized spacial score (nSPS) is 12.3. The molecular formula is C34H51N2+. The van der Waals surface area contributed by atoms with Crippen molar-refractivity contribution in [1.29, 1.82) is 0 Å². The zero-order valence-corrected chi connectivity index (χ0v) is 24.5. The van der Waals surface area contributed by atoms with Crippen molar-refractivity contribution in [3.8, 4) is 11.4 Å². The lowest BCUT2D eigenvalue weighted by Gasteiger charge is -2.13. The Morgan fingerprint density at radius 1 is 0.806 bits per heavy atom. The molecule has 36 heavy (non-hydrogen) atoms. The Labute approximate surface area is 221 Å². The van der Waals surface area contributed by atoms with Gasteiger partial charge in [-0.2, -0.15) is 0 Å². The summed E-state index contributed by atoms with van der Waals surface area (Å²) >= 11 is 0. The second-order valence-corrected chi connectivity index (χ2v) is 11.1. The predicted octanol–water partition coefficient (Wildman–Crippen LogP) is 9.10. The summed E-state index contributed by atoms with van der Waals surface area (Å²) in [5.74, 6) is 2.08. The standard InChI is InChI=1S/C34H51N2/c1-9-11-12-14-21-35-29(7)30(8)36(34(35)33-27(5)23-25(3)24-28(33)6)22-15-13-16-31-17-19-32(20-18-31)26(4)10-2/h17-20,23-24,26H,9-16,21-22H2,1-8H3/q+1. The molecule has 0 saturated heterocycles. The topological polar surface area (TPSA) is 8.81 Å². The average Bonchev–Trinajstić information content (AvgIpc) is 3.08. The van der Waals surface area contributed by atoms with Gasteiger partial charge >= 0.3 is 0 Å². The summed E-state index contributed by atoms with van der Waals surface area (Å²) in [6.07, 6.45) is 9.98. The van der Waals surface area contributed by atoms with E-state index in [0.29, 0.717) is 5.92 Å². The van der Waals surface area contributed by atoms with Crippen LogP contribution in [0.4, 0.5) is 0 Å². The molecule has 0 aliphatic rings. The molecule has 0 saturated carbocycles. The highest BCUT2D eigenvalue weighted by Gasteiger charge is 2.29. The molecule has 2 nitrogen and oxygen atoms in total. The Balaban J connectivity index is 1.82. The Morgan fingerprint density at radius 2 is 1.47 bits per heavy atom. The summed E-state index contributed by atoms with van der Waals surface area (Å²) in [6.45, 7) is 20.5. The van der Waals surface area contributed by atoms with Crippen LogP contribution in [-0.4, -0.2) is 4.57 Å². The minimum Gasteiger partial charge on any atom is -0.227 e. The van der Waals surface area contributed by atoms with E-state index in [9.17, 15) is 0 Å². The third-order valence-electron chi connectivity index (χ3n) is 8.24. The molecule has 0 bridgehead atoms. The molecule has 196 valence electrons. The Morgan fingerprint density at radius 3 is 2.08 bits per heavy atom. The van der Waals surface area contributed by atoms with Gasteiger partial charge in [-0.05, 0) is 87.5 Å². The quantitative estimate of drug-likeness (QED) is 0.168. The second-order valence-electron chi connectivity index (χ2n) is 11.1. The van der Waals surface area contributed by atoms with E-state index in [1.54, 1.807) is 0 Å². The summed E-state index contributed by atoms with van der Waals surface area (Å²) in [4.78, 5) is 0. The van der Waals surface area contributed by atoms with Gasteiger partial charge in [0.15, 0.2) is 0 Å². The van der Waals surface area contributed by atoms with Crippen molar-refractivity contribution in [3.05, 3.63) is 75.6 Å². The highest BCUT2D eigenvalue weighted by atomic mass is 15.2. The van der Waals surface area contributed by atoms with Crippen LogP contribution in [-0.2, 0) is 19.5 Å². The molecule has 0 amide bonds. The summed E-state index contributed by atoms with van der Waals surface area (Å²) < 4.78 is 5.26. The number of rotatable bonds is 13. The number of hydrogen-bond acceptors (Lipinski definition) is 0. The van der Waals surface area contributed by atoms with Gasteiger partial charge in [-0.1, -0.05) is 75.6 Å². The van der Waals surface area contributed by atoms with Crippen molar-refractivity contribution in [3.63, 3.8) is 0 Å². The lowest BCUT2D eigenvalue weighted by atomic mass is 9.96. The van der Waals surface area contributed by atoms with Crippen LogP contribution in [0.3, 0.4) is 0 Å². The average molecular weight is 488 g/mol. The number of aromatic nitrogens is 2. The molecule has 1 aromatic heterocycles. The van der Waals surface area contributed by atoms with E-state index in [2.05, 4.69) is 101 Å². The van der Waals surface area contributed by atoms with E-state index in [4.69, 9.17) is 0 Å². The second kappa shape index (κ2) is 13.3. The zero-order valence-electron chi connectivity index (χ0n) is 24.5. The first-order valence-corrected chi connectivity index (χ1v) is 14.5. The maximum atomic E-state index is 2.63. The molecule has 1 heterocycles. The van der Waals surface area contributed by atoms with Crippen LogP contribution in [0, 0.1) is 34.6 Å². The van der Waals surface area contributed by atoms with E-state index >= 15 is 0 Å². The van der Waals surface area contributed by atoms with Crippen LogP contribution in [0.5, 0.6) is 0 Å². The Hall–Kier alpha value is -2.35. The third kappa shape index (κ3) is 6.69. The van der Waals surface area contributed by atoms with Crippen LogP contribution >= 0.6 is 0 Å². The fourth-order valence-electron chi connectivity index (χ4n) is 5.75. The van der Waals surface area contributed by atoms with Gasteiger partial charge in [0.2, 0.25) is 0 Å². The molecule has 0 aliphatic carbocycles. The van der Waals surface area contributed by atoms with E-state index in [0.717, 1.165) is 19.5 Å². The van der Waals surface area contributed by atoms with Crippen LogP contribution in [0.1, 0.15) is 111 Å². The lowest BCUT2D eigenvalue weighted by molar-refractivity contribution is -0.691. The van der Waals surface area contributed by atoms with E-state index in [-0.39, 0.29) is 0 Å². The number of hydrogen-bond donors (Lipinski definition) is 0. The molecule has 0 radical (unpaired) electrons. The SMILES string of the molecule is CCCCCC[n+]1c(C)c(C)n(CCCCc2ccc(C(C)CC)cc2)c1-c1c(C)cc(C)cc1C. The van der Waals surface area contributed by atoms with Gasteiger partial charge in [0.05, 0.1) is 18.7 Å². The number of unbranched alkanes of at least 4 members (excludes halogenated alkanes) is 4. The number of benzene rings is 2. The molecule has 2 heteroatoms. The molecule has 1 atom stereocenters. The number of aryl methyl sites for hydroxylation is 4. The first-order valence-electron chi connectivity index (χ1n) is 14.5. The highest BCUT2D eigenvalue weighted by molar-refractivity contribution is 5.64. The summed E-state index contributed by atoms with van der Waals surface area (Å²) in [5, 5.41) is 0. The van der Waals surface area contributed by atoms with Crippen molar-refractivity contribution in [2.24, 2.45) is 0 Å². The van der Waals surface area contributed by atoms with Crippen LogP contribution < -0.4 is 4.57 Å². The van der Waals surface area contributed by atoms with E-state index in [1.807, 2.05) is 0 Å². The predicted molar refractivity (Wildman–Crippen MR) is 156 cm³/mol. The fraction of sp³-hybridized carbons (Fsp3) is 0.559. The van der Waals surface area contributed by atoms with E-state index in [1.165, 1.54) is 95.5 Å². The third-order valence-corrected chi connectivity index (χ3v) is 8.24. The molecule has 0 fully saturated rings. The van der Waals surface area contributed by atoms with Crippen LogP contribution in [0.2, 0.25) is 0 Å². The van der Waals surface area contributed by atoms with Crippen molar-refractivity contribution in [2.75, 3.05) is 0 Å². The number of nitrogens with zero attached hydrogens (tertiary/aromatic N) is 2. The van der Waals surface area contributed by atoms with Gasteiger partial charge in [-0.3, -0.25) is 0 Å². The first kappa shape index (κ1) is 28.2. The molecule has 0 N–H and O–H groups in total. The lowest BCUT2D eigenvalue weighted by Crippen LogP contribution is -2.38. The maximum Gasteiger partial charge on any atom is 0.289 e. The minimum atomic E-state index is 0.653. The van der Waals surface area contributed by atoms with Gasteiger partial charge < -0.3 is 0 Å². The number of imidazole rings is 1. The molecule has 3 aromatic rings. The van der Waals surface area contributed by atoms with Gasteiger partial charge in [0, 0.05) is 13.8 Å². The zero-order chi connectivity index (χ0) is 26.2.